The van der Waals surface area contributed by atoms with Crippen LogP contribution in [0.4, 0.5) is 0 Å². The Kier molecular flexibility index (Phi) is 5.43. The molecule has 80 valence electrons. The molecule has 0 aromatic heterocycles. The van der Waals surface area contributed by atoms with E-state index in [0.29, 0.717) is 0 Å². The fourth-order valence-electron chi connectivity index (χ4n) is 1.88. The second-order valence-electron chi connectivity index (χ2n) is 5.54. The van der Waals surface area contributed by atoms with Gasteiger partial charge in [0.15, 0.2) is 0 Å². The zero-order valence-corrected chi connectivity index (χ0v) is 12.0. The van der Waals surface area contributed by atoms with Gasteiger partial charge in [-0.15, -0.1) is 0 Å². The molecule has 0 saturated carbocycles. The van der Waals surface area contributed by atoms with Crippen LogP contribution in [0, 0.1) is 0 Å². The van der Waals surface area contributed by atoms with Crippen LogP contribution in [0.25, 0.3) is 0 Å². The van der Waals surface area contributed by atoms with Gasteiger partial charge in [0.1, 0.15) is 8.24 Å². The van der Waals surface area contributed by atoms with Crippen LogP contribution >= 0.6 is 0 Å². The number of rotatable bonds is 6. The number of ether oxygens (including phenoxy) is 1. The van der Waals surface area contributed by atoms with Crippen molar-refractivity contribution in [2.45, 2.75) is 38.4 Å². The molecule has 0 rings (SSSR count). The number of hydrogen-bond donors (Lipinski definition) is 1. The second kappa shape index (κ2) is 5.29. The molecule has 0 bridgehead atoms. The molecule has 0 atom stereocenters. The lowest BCUT2D eigenvalue weighted by Gasteiger charge is -2.30. The van der Waals surface area contributed by atoms with E-state index in [2.05, 4.69) is 37.7 Å². The van der Waals surface area contributed by atoms with E-state index in [-0.39, 0.29) is 0 Å². The quantitative estimate of drug-likeness (QED) is 0.547. The largest absolute Gasteiger partial charge is 0.383 e. The highest BCUT2D eigenvalue weighted by Crippen LogP contribution is 2.16. The van der Waals surface area contributed by atoms with Gasteiger partial charge in [-0.2, -0.15) is 0 Å². The first-order valence-corrected chi connectivity index (χ1v) is 11.9. The van der Waals surface area contributed by atoms with Crippen molar-refractivity contribution < 1.29 is 4.74 Å². The van der Waals surface area contributed by atoms with E-state index in [0.717, 1.165) is 13.2 Å². The van der Waals surface area contributed by atoms with E-state index < -0.39 is 16.3 Å². The van der Waals surface area contributed by atoms with Crippen LogP contribution in [0.3, 0.4) is 0 Å². The van der Waals surface area contributed by atoms with E-state index in [1.165, 1.54) is 5.67 Å². The molecular weight excluding hydrogens is 194 g/mol. The molecule has 4 heteroatoms. The number of nitrogens with one attached hydrogen (secondary N) is 1. The normalized spacial score (nSPS) is 13.4. The van der Waals surface area contributed by atoms with Gasteiger partial charge in [0.05, 0.1) is 6.61 Å². The zero-order valence-electron chi connectivity index (χ0n) is 10.0. The number of hydrogen-bond acceptors (Lipinski definition) is 2. The lowest BCUT2D eigenvalue weighted by molar-refractivity contribution is 0.204. The average molecular weight is 219 g/mol. The maximum absolute atomic E-state index is 5.04. The first-order chi connectivity index (χ1) is 5.77. The monoisotopic (exact) mass is 219 g/mol. The Labute approximate surface area is 85.2 Å². The van der Waals surface area contributed by atoms with Gasteiger partial charge in [-0.3, -0.25) is 0 Å². The van der Waals surface area contributed by atoms with E-state index in [1.807, 2.05) is 0 Å². The van der Waals surface area contributed by atoms with Crippen LogP contribution in [0.15, 0.2) is 0 Å². The summed E-state index contributed by atoms with van der Waals surface area (Å²) >= 11 is 0. The topological polar surface area (TPSA) is 21.3 Å². The van der Waals surface area contributed by atoms with Gasteiger partial charge in [0, 0.05) is 21.7 Å². The molecule has 1 N–H and O–H groups in total. The Hall–Kier alpha value is 0.354. The highest BCUT2D eigenvalue weighted by atomic mass is 28.4. The van der Waals surface area contributed by atoms with Crippen molar-refractivity contribution in [3.05, 3.63) is 0 Å². The van der Waals surface area contributed by atoms with Crippen molar-refractivity contribution in [2.24, 2.45) is 0 Å². The highest BCUT2D eigenvalue weighted by Gasteiger charge is 2.27. The van der Waals surface area contributed by atoms with Crippen LogP contribution in [0.5, 0.6) is 0 Å². The molecule has 0 aliphatic rings. The lowest BCUT2D eigenvalue weighted by atomic mass is 10.7. The Balaban J connectivity index is 3.80. The van der Waals surface area contributed by atoms with Crippen LogP contribution in [0.1, 0.15) is 0 Å². The van der Waals surface area contributed by atoms with Gasteiger partial charge < -0.3 is 9.72 Å². The van der Waals surface area contributed by atoms with Crippen molar-refractivity contribution in [1.82, 2.24) is 4.98 Å². The van der Waals surface area contributed by atoms with Crippen molar-refractivity contribution >= 4 is 16.3 Å². The summed E-state index contributed by atoms with van der Waals surface area (Å²) in [6.45, 7) is 14.0. The second-order valence-corrected chi connectivity index (χ2v) is 16.2. The molecule has 0 aliphatic heterocycles. The third-order valence-corrected chi connectivity index (χ3v) is 10.9. The maximum atomic E-state index is 5.04. The van der Waals surface area contributed by atoms with Gasteiger partial charge in [-0.1, -0.05) is 32.7 Å². The SMILES string of the molecule is COCCN[Si](C)(C)C[Si](C)(C)C. The summed E-state index contributed by atoms with van der Waals surface area (Å²) in [6.07, 6.45) is 0. The minimum Gasteiger partial charge on any atom is -0.383 e. The van der Waals surface area contributed by atoms with Gasteiger partial charge in [0.2, 0.25) is 0 Å². The van der Waals surface area contributed by atoms with Gasteiger partial charge in [-0.25, -0.2) is 0 Å². The highest BCUT2D eigenvalue weighted by molar-refractivity contribution is 6.93. The molecule has 0 aromatic carbocycles. The third-order valence-electron chi connectivity index (χ3n) is 1.88. The Bertz CT molecular complexity index is 143. The van der Waals surface area contributed by atoms with Crippen LogP contribution in [0.2, 0.25) is 38.4 Å². The summed E-state index contributed by atoms with van der Waals surface area (Å²) in [5.74, 6) is 0. The van der Waals surface area contributed by atoms with Crippen molar-refractivity contribution in [3.63, 3.8) is 0 Å². The van der Waals surface area contributed by atoms with Crippen LogP contribution < -0.4 is 4.98 Å². The van der Waals surface area contributed by atoms with Crippen molar-refractivity contribution in [2.75, 3.05) is 20.3 Å². The molecule has 0 saturated heterocycles. The Morgan fingerprint density at radius 2 is 1.62 bits per heavy atom. The third kappa shape index (κ3) is 8.68. The van der Waals surface area contributed by atoms with E-state index in [9.17, 15) is 0 Å². The number of methoxy groups -OCH3 is 1. The van der Waals surface area contributed by atoms with Gasteiger partial charge in [0.25, 0.3) is 0 Å². The van der Waals surface area contributed by atoms with Crippen molar-refractivity contribution in [3.8, 4) is 0 Å². The fraction of sp³-hybridized carbons (Fsp3) is 1.00. The summed E-state index contributed by atoms with van der Waals surface area (Å²) in [5.41, 5.74) is 1.45. The molecule has 0 radical (unpaired) electrons. The predicted molar refractivity (Wildman–Crippen MR) is 65.5 cm³/mol. The average Bonchev–Trinajstić information content (AvgIpc) is 1.81. The van der Waals surface area contributed by atoms with Gasteiger partial charge >= 0.3 is 0 Å². The molecule has 2 nitrogen and oxygen atoms in total. The van der Waals surface area contributed by atoms with Crippen LogP contribution in [-0.4, -0.2) is 36.6 Å². The van der Waals surface area contributed by atoms with Gasteiger partial charge in [-0.05, 0) is 5.67 Å². The van der Waals surface area contributed by atoms with E-state index in [1.54, 1.807) is 7.11 Å². The Morgan fingerprint density at radius 3 is 2.00 bits per heavy atom. The molecule has 0 fully saturated rings. The molecule has 0 amide bonds. The summed E-state index contributed by atoms with van der Waals surface area (Å²) in [5, 5.41) is 0. The summed E-state index contributed by atoms with van der Waals surface area (Å²) < 4.78 is 5.04. The van der Waals surface area contributed by atoms with Crippen LogP contribution in [-0.2, 0) is 4.74 Å². The smallest absolute Gasteiger partial charge is 0.116 e. The molecule has 0 aromatic rings. The summed E-state index contributed by atoms with van der Waals surface area (Å²) in [7, 11) is -0.280. The first kappa shape index (κ1) is 13.4. The summed E-state index contributed by atoms with van der Waals surface area (Å²) in [4.78, 5) is 3.67. The minimum absolute atomic E-state index is 0.835. The fourth-order valence-corrected chi connectivity index (χ4v) is 13.8. The standard InChI is InChI=1S/C9H25NOSi2/c1-11-8-7-10-13(5,6)9-12(2,3)4/h10H,7-9H2,1-6H3. The van der Waals surface area contributed by atoms with Crippen molar-refractivity contribution in [1.29, 1.82) is 0 Å². The molecular formula is C9H25NOSi2. The molecule has 0 heterocycles. The maximum Gasteiger partial charge on any atom is 0.116 e. The van der Waals surface area contributed by atoms with E-state index >= 15 is 0 Å². The van der Waals surface area contributed by atoms with E-state index in [4.69, 9.17) is 4.74 Å². The molecule has 0 unspecified atom stereocenters. The predicted octanol–water partition coefficient (Wildman–Crippen LogP) is 2.30. The molecule has 13 heavy (non-hydrogen) atoms. The summed E-state index contributed by atoms with van der Waals surface area (Å²) in [6, 6.07) is 0. The first-order valence-electron chi connectivity index (χ1n) is 5.01. The zero-order chi connectivity index (χ0) is 10.5. The molecule has 0 spiro atoms. The lowest BCUT2D eigenvalue weighted by Crippen LogP contribution is -2.50. The minimum atomic E-state index is -1.14. The Morgan fingerprint density at radius 1 is 1.08 bits per heavy atom. The molecule has 0 aliphatic carbocycles.